The van der Waals surface area contributed by atoms with Crippen molar-refractivity contribution in [1.29, 1.82) is 0 Å². The summed E-state index contributed by atoms with van der Waals surface area (Å²) in [6.07, 6.45) is 6.65. The van der Waals surface area contributed by atoms with Gasteiger partial charge in [0.15, 0.2) is 5.82 Å². The van der Waals surface area contributed by atoms with Crippen molar-refractivity contribution < 1.29 is 13.6 Å². The second-order valence-corrected chi connectivity index (χ2v) is 9.76. The largest absolute Gasteiger partial charge is 0.383 e. The maximum absolute atomic E-state index is 15.2. The fourth-order valence-corrected chi connectivity index (χ4v) is 5.41. The van der Waals surface area contributed by atoms with Crippen LogP contribution < -0.4 is 5.73 Å². The standard InChI is InChI=1S/C26H20F2N8OS/c1-3-20(37)35-8-6-14(12-35)36-24-16(26-30-7-9-38-26)11-31-25(29)21(24)18(33-36)5-4-15-17(27)10-19-23(22(15)28)32-13-34(19)2/h3,7,9-11,13-14H,1,6,8,12H2,2H3,(H2,29,31)/t14-/m0/s1. The number of aromatic nitrogens is 6. The average Bonchev–Trinajstić information content (AvgIpc) is 3.71. The Hall–Kier alpha value is -4.63. The number of hydrogen-bond donors (Lipinski definition) is 1. The average molecular weight is 531 g/mol. The SMILES string of the molecule is C=CC(=O)N1CC[C@H](n2nc(C#Cc3c(F)cc4c(ncn4C)c3F)c3c(N)ncc(-c4nccs4)c32)C1. The van der Waals surface area contributed by atoms with Crippen molar-refractivity contribution in [2.24, 2.45) is 7.05 Å². The molecule has 1 fully saturated rings. The van der Waals surface area contributed by atoms with Gasteiger partial charge in [-0.3, -0.25) is 9.48 Å². The molecule has 12 heteroatoms. The molecule has 5 aromatic rings. The van der Waals surface area contributed by atoms with Crippen molar-refractivity contribution in [1.82, 2.24) is 34.2 Å². The molecule has 0 aliphatic carbocycles. The maximum atomic E-state index is 15.2. The van der Waals surface area contributed by atoms with E-state index in [0.717, 1.165) is 0 Å². The number of thiazole rings is 1. The minimum absolute atomic E-state index is 0.0266. The second-order valence-electron chi connectivity index (χ2n) is 8.86. The Morgan fingerprint density at radius 1 is 1.29 bits per heavy atom. The molecule has 1 amide bonds. The summed E-state index contributed by atoms with van der Waals surface area (Å²) in [4.78, 5) is 26.7. The summed E-state index contributed by atoms with van der Waals surface area (Å²) < 4.78 is 33.4. The van der Waals surface area contributed by atoms with Gasteiger partial charge in [-0.1, -0.05) is 12.5 Å². The van der Waals surface area contributed by atoms with Gasteiger partial charge in [0.2, 0.25) is 5.91 Å². The van der Waals surface area contributed by atoms with Gasteiger partial charge < -0.3 is 15.2 Å². The zero-order chi connectivity index (χ0) is 26.6. The number of benzene rings is 1. The number of nitrogen functional groups attached to an aromatic ring is 1. The Labute approximate surface area is 219 Å². The molecule has 38 heavy (non-hydrogen) atoms. The monoisotopic (exact) mass is 530 g/mol. The minimum atomic E-state index is -0.846. The van der Waals surface area contributed by atoms with Crippen LogP contribution >= 0.6 is 11.3 Å². The number of aryl methyl sites for hydroxylation is 1. The highest BCUT2D eigenvalue weighted by Gasteiger charge is 2.30. The lowest BCUT2D eigenvalue weighted by Gasteiger charge is -2.16. The first-order chi connectivity index (χ1) is 18.4. The molecule has 9 nitrogen and oxygen atoms in total. The molecule has 0 spiro atoms. The molecule has 1 atom stereocenters. The van der Waals surface area contributed by atoms with Crippen LogP contribution in [-0.4, -0.2) is 53.2 Å². The first-order valence-electron chi connectivity index (χ1n) is 11.7. The Morgan fingerprint density at radius 3 is 2.89 bits per heavy atom. The van der Waals surface area contributed by atoms with E-state index in [9.17, 15) is 9.18 Å². The molecule has 1 saturated heterocycles. The number of rotatable bonds is 3. The van der Waals surface area contributed by atoms with Crippen LogP contribution in [0.1, 0.15) is 23.7 Å². The number of carbonyl (C=O) groups excluding carboxylic acids is 1. The molecule has 0 bridgehead atoms. The van der Waals surface area contributed by atoms with Crippen LogP contribution in [-0.2, 0) is 11.8 Å². The van der Waals surface area contributed by atoms with E-state index in [1.54, 1.807) is 29.0 Å². The Morgan fingerprint density at radius 2 is 2.13 bits per heavy atom. The zero-order valence-electron chi connectivity index (χ0n) is 20.2. The number of likely N-dealkylation sites (tertiary alicyclic amines) is 1. The summed E-state index contributed by atoms with van der Waals surface area (Å²) in [6, 6.07) is 1.02. The molecular formula is C26H20F2N8OS. The topological polar surface area (TPSA) is 108 Å². The lowest BCUT2D eigenvalue weighted by molar-refractivity contribution is -0.125. The van der Waals surface area contributed by atoms with Gasteiger partial charge in [-0.15, -0.1) is 11.3 Å². The van der Waals surface area contributed by atoms with E-state index in [-0.39, 0.29) is 29.0 Å². The molecular weight excluding hydrogens is 510 g/mol. The van der Waals surface area contributed by atoms with Gasteiger partial charge in [-0.25, -0.2) is 23.7 Å². The number of halogens is 2. The van der Waals surface area contributed by atoms with Gasteiger partial charge in [0.1, 0.15) is 27.9 Å². The van der Waals surface area contributed by atoms with E-state index in [1.165, 1.54) is 34.4 Å². The number of anilines is 1. The third-order valence-electron chi connectivity index (χ3n) is 6.63. The van der Waals surface area contributed by atoms with Crippen LogP contribution in [0.3, 0.4) is 0 Å². The number of nitrogens with zero attached hydrogens (tertiary/aromatic N) is 7. The van der Waals surface area contributed by atoms with Gasteiger partial charge in [-0.2, -0.15) is 5.10 Å². The van der Waals surface area contributed by atoms with Gasteiger partial charge >= 0.3 is 0 Å². The summed E-state index contributed by atoms with van der Waals surface area (Å²) in [6.45, 7) is 4.52. The van der Waals surface area contributed by atoms with Gasteiger partial charge in [0, 0.05) is 44.0 Å². The summed E-state index contributed by atoms with van der Waals surface area (Å²) in [7, 11) is 1.65. The molecule has 1 aromatic carbocycles. The van der Waals surface area contributed by atoms with E-state index in [0.29, 0.717) is 46.5 Å². The Balaban J connectivity index is 1.54. The first kappa shape index (κ1) is 23.7. The van der Waals surface area contributed by atoms with E-state index in [2.05, 4.69) is 33.4 Å². The number of hydrogen-bond acceptors (Lipinski definition) is 7. The quantitative estimate of drug-likeness (QED) is 0.282. The number of carbonyl (C=O) groups is 1. The lowest BCUT2D eigenvalue weighted by atomic mass is 10.1. The van der Waals surface area contributed by atoms with Crippen molar-refractivity contribution in [3.05, 3.63) is 65.7 Å². The predicted octanol–water partition coefficient (Wildman–Crippen LogP) is 3.66. The van der Waals surface area contributed by atoms with Crippen LogP contribution in [0.5, 0.6) is 0 Å². The van der Waals surface area contributed by atoms with Crippen molar-refractivity contribution in [2.75, 3.05) is 18.8 Å². The molecule has 0 radical (unpaired) electrons. The Kier molecular flexibility index (Phi) is 5.65. The fraction of sp³-hybridized carbons (Fsp3) is 0.192. The van der Waals surface area contributed by atoms with Crippen molar-refractivity contribution in [3.63, 3.8) is 0 Å². The predicted molar refractivity (Wildman–Crippen MR) is 140 cm³/mol. The number of pyridine rings is 1. The molecule has 4 aromatic heterocycles. The molecule has 0 unspecified atom stereocenters. The normalized spacial score (nSPS) is 15.2. The Bertz CT molecular complexity index is 1810. The van der Waals surface area contributed by atoms with Crippen LogP contribution in [0.25, 0.3) is 32.5 Å². The fourth-order valence-electron chi connectivity index (χ4n) is 4.76. The molecule has 1 aliphatic rings. The minimum Gasteiger partial charge on any atom is -0.383 e. The smallest absolute Gasteiger partial charge is 0.246 e. The van der Waals surface area contributed by atoms with Gasteiger partial charge in [0.25, 0.3) is 0 Å². The molecule has 2 N–H and O–H groups in total. The van der Waals surface area contributed by atoms with Crippen molar-refractivity contribution in [3.8, 4) is 22.4 Å². The first-order valence-corrected chi connectivity index (χ1v) is 12.5. The molecule has 190 valence electrons. The highest BCUT2D eigenvalue weighted by molar-refractivity contribution is 7.13. The third kappa shape index (κ3) is 3.71. The highest BCUT2D eigenvalue weighted by atomic mass is 32.1. The number of imidazole rings is 1. The lowest BCUT2D eigenvalue weighted by Crippen LogP contribution is -2.27. The number of nitrogens with two attached hydrogens (primary N) is 1. The van der Waals surface area contributed by atoms with E-state index in [1.807, 2.05) is 5.38 Å². The summed E-state index contributed by atoms with van der Waals surface area (Å²) in [5.74, 6) is 3.80. The molecule has 0 saturated carbocycles. The van der Waals surface area contributed by atoms with Crippen LogP contribution in [0.4, 0.5) is 14.6 Å². The van der Waals surface area contributed by atoms with E-state index >= 15 is 4.39 Å². The van der Waals surface area contributed by atoms with Crippen LogP contribution in [0, 0.1) is 23.5 Å². The van der Waals surface area contributed by atoms with E-state index < -0.39 is 17.2 Å². The van der Waals surface area contributed by atoms with Gasteiger partial charge in [0.05, 0.1) is 39.9 Å². The number of fused-ring (bicyclic) bond motifs is 2. The van der Waals surface area contributed by atoms with E-state index in [4.69, 9.17) is 10.8 Å². The van der Waals surface area contributed by atoms with Crippen molar-refractivity contribution in [2.45, 2.75) is 12.5 Å². The maximum Gasteiger partial charge on any atom is 0.246 e. The number of amides is 1. The molecule has 1 aliphatic heterocycles. The second kappa shape index (κ2) is 9.04. The van der Waals surface area contributed by atoms with Crippen LogP contribution in [0.2, 0.25) is 0 Å². The summed E-state index contributed by atoms with van der Waals surface area (Å²) in [5.41, 5.74) is 7.81. The van der Waals surface area contributed by atoms with Crippen molar-refractivity contribution >= 4 is 45.0 Å². The molecule has 5 heterocycles. The summed E-state index contributed by atoms with van der Waals surface area (Å²) >= 11 is 1.43. The van der Waals surface area contributed by atoms with Gasteiger partial charge in [-0.05, 0) is 18.4 Å². The highest BCUT2D eigenvalue weighted by Crippen LogP contribution is 2.37. The van der Waals surface area contributed by atoms with Crippen LogP contribution in [0.15, 0.2) is 42.8 Å². The third-order valence-corrected chi connectivity index (χ3v) is 7.44. The molecule has 6 rings (SSSR count). The summed E-state index contributed by atoms with van der Waals surface area (Å²) in [5, 5.41) is 7.74. The zero-order valence-corrected chi connectivity index (χ0v) is 21.0.